The van der Waals surface area contributed by atoms with E-state index in [0.29, 0.717) is 6.42 Å². The van der Waals surface area contributed by atoms with Crippen molar-refractivity contribution in [2.75, 3.05) is 26.4 Å². The molecule has 0 aromatic rings. The van der Waals surface area contributed by atoms with Crippen molar-refractivity contribution in [2.24, 2.45) is 5.73 Å². The van der Waals surface area contributed by atoms with Gasteiger partial charge in [0.2, 0.25) is 0 Å². The second kappa shape index (κ2) is 73.0. The molecule has 0 bridgehead atoms. The molecule has 512 valence electrons. The molecule has 0 heterocycles. The van der Waals surface area contributed by atoms with Crippen molar-refractivity contribution in [3.63, 3.8) is 0 Å². The maximum absolute atomic E-state index is 12.8. The zero-order valence-electron chi connectivity index (χ0n) is 57.8. The lowest BCUT2D eigenvalue weighted by Gasteiger charge is -2.19. The van der Waals surface area contributed by atoms with Gasteiger partial charge in [-0.25, -0.2) is 4.57 Å². The number of rotatable bonds is 73. The Hall–Kier alpha value is -2.03. The number of nitrogens with two attached hydrogens (primary N) is 1. The minimum Gasteiger partial charge on any atom is -0.462 e. The number of carbonyl (C=O) groups is 2. The van der Waals surface area contributed by atoms with Crippen LogP contribution in [0.5, 0.6) is 0 Å². The summed E-state index contributed by atoms with van der Waals surface area (Å²) in [6.45, 7) is 3.80. The third-order valence-electron chi connectivity index (χ3n) is 17.2. The third-order valence-corrected chi connectivity index (χ3v) is 18.2. The molecule has 0 aliphatic carbocycles. The van der Waals surface area contributed by atoms with Crippen LogP contribution in [0.15, 0.2) is 48.6 Å². The molecule has 0 radical (unpaired) electrons. The molecule has 0 saturated carbocycles. The Morgan fingerprint density at radius 3 is 0.897 bits per heavy atom. The Kier molecular flexibility index (Phi) is 71.3. The van der Waals surface area contributed by atoms with E-state index in [-0.39, 0.29) is 38.6 Å². The van der Waals surface area contributed by atoms with Crippen molar-refractivity contribution in [3.8, 4) is 0 Å². The van der Waals surface area contributed by atoms with Crippen molar-refractivity contribution in [3.05, 3.63) is 48.6 Å². The van der Waals surface area contributed by atoms with E-state index in [9.17, 15) is 19.0 Å². The van der Waals surface area contributed by atoms with E-state index in [1.54, 1.807) is 0 Å². The molecule has 0 saturated heterocycles. The first-order valence-corrected chi connectivity index (χ1v) is 39.6. The van der Waals surface area contributed by atoms with Crippen molar-refractivity contribution in [1.29, 1.82) is 0 Å². The van der Waals surface area contributed by atoms with Crippen LogP contribution < -0.4 is 5.73 Å². The van der Waals surface area contributed by atoms with Crippen LogP contribution in [0.1, 0.15) is 399 Å². The van der Waals surface area contributed by atoms with Gasteiger partial charge in [0.25, 0.3) is 0 Å². The highest BCUT2D eigenvalue weighted by atomic mass is 31.2. The average molecular weight is 1240 g/mol. The second-order valence-corrected chi connectivity index (χ2v) is 27.3. The summed E-state index contributed by atoms with van der Waals surface area (Å²) < 4.78 is 33.2. The molecule has 0 spiro atoms. The molecule has 0 rings (SSSR count). The van der Waals surface area contributed by atoms with Gasteiger partial charge in [-0.1, -0.05) is 358 Å². The number of ether oxygens (including phenoxy) is 2. The van der Waals surface area contributed by atoms with Gasteiger partial charge >= 0.3 is 19.8 Å². The van der Waals surface area contributed by atoms with Gasteiger partial charge in [0.05, 0.1) is 13.2 Å². The van der Waals surface area contributed by atoms with E-state index < -0.39 is 26.5 Å². The molecule has 0 fully saturated rings. The quantitative estimate of drug-likeness (QED) is 0.0264. The number of phosphoric acid groups is 1. The maximum atomic E-state index is 12.8. The van der Waals surface area contributed by atoms with Gasteiger partial charge in [0.1, 0.15) is 6.61 Å². The van der Waals surface area contributed by atoms with E-state index in [1.807, 2.05) is 0 Å². The van der Waals surface area contributed by atoms with Gasteiger partial charge in [0.15, 0.2) is 6.10 Å². The minimum atomic E-state index is -4.39. The molecule has 3 N–H and O–H groups in total. The standard InChI is InChI=1S/C77H146NO8P/c1-3-5-7-9-11-13-15-17-19-21-23-25-27-29-31-32-33-34-35-36-37-38-39-40-41-42-44-45-47-49-51-53-55-57-59-61-63-65-67-69-76(79)83-73-75(74-85-87(81,82)84-72-71-78)86-77(80)70-68-66-64-62-60-58-56-54-52-50-48-46-43-30-28-26-24-22-20-18-16-14-12-10-8-6-4-2/h16,18,21-24,28,30,75H,3-15,17,19-20,25-27,29,31-74,78H2,1-2H3,(H,81,82)/b18-16-,23-21-,24-22-,30-28-. The molecule has 9 nitrogen and oxygen atoms in total. The van der Waals surface area contributed by atoms with Crippen LogP contribution in [0.25, 0.3) is 0 Å². The predicted octanol–water partition coefficient (Wildman–Crippen LogP) is 25.2. The van der Waals surface area contributed by atoms with Crippen molar-refractivity contribution < 1.29 is 37.6 Å². The number of hydrogen-bond acceptors (Lipinski definition) is 8. The summed E-state index contributed by atoms with van der Waals surface area (Å²) in [4.78, 5) is 35.4. The third kappa shape index (κ3) is 72.9. The highest BCUT2D eigenvalue weighted by molar-refractivity contribution is 7.47. The molecule has 0 aliphatic heterocycles. The maximum Gasteiger partial charge on any atom is 0.472 e. The zero-order valence-corrected chi connectivity index (χ0v) is 58.7. The molecule has 0 aliphatic rings. The molecule has 0 aromatic heterocycles. The second-order valence-electron chi connectivity index (χ2n) is 25.9. The summed E-state index contributed by atoms with van der Waals surface area (Å²) in [5.41, 5.74) is 5.41. The predicted molar refractivity (Wildman–Crippen MR) is 377 cm³/mol. The number of allylic oxidation sites excluding steroid dienone is 8. The average Bonchev–Trinajstić information content (AvgIpc) is 3.62. The summed E-state index contributed by atoms with van der Waals surface area (Å²) >= 11 is 0. The molecule has 10 heteroatoms. The number of hydrogen-bond donors (Lipinski definition) is 2. The topological polar surface area (TPSA) is 134 Å². The monoisotopic (exact) mass is 1240 g/mol. The SMILES string of the molecule is CCCCCCC/C=C\C/C=C\C/C=C\CCCCCCCCCCCCCCC(=O)OC(COC(=O)CCCCCCCCCCCCCCCCCCCCCCCCCCCCC/C=C\CCCCCCCCCC)COP(=O)(O)OCCN. The van der Waals surface area contributed by atoms with E-state index in [0.717, 1.165) is 51.4 Å². The van der Waals surface area contributed by atoms with Crippen LogP contribution in [0.4, 0.5) is 0 Å². The lowest BCUT2D eigenvalue weighted by Crippen LogP contribution is -2.29. The van der Waals surface area contributed by atoms with Gasteiger partial charge in [-0.05, 0) is 77.0 Å². The zero-order chi connectivity index (χ0) is 63.0. The first-order valence-electron chi connectivity index (χ1n) is 38.1. The van der Waals surface area contributed by atoms with Crippen molar-refractivity contribution in [2.45, 2.75) is 405 Å². The van der Waals surface area contributed by atoms with Gasteiger partial charge in [0, 0.05) is 19.4 Å². The van der Waals surface area contributed by atoms with Crippen LogP contribution in [-0.2, 0) is 32.7 Å². The molecular weight excluding hydrogens is 1100 g/mol. The fourth-order valence-corrected chi connectivity index (χ4v) is 12.3. The van der Waals surface area contributed by atoms with E-state index >= 15 is 0 Å². The van der Waals surface area contributed by atoms with E-state index in [2.05, 4.69) is 62.5 Å². The minimum absolute atomic E-state index is 0.0542. The van der Waals surface area contributed by atoms with Crippen LogP contribution in [0.2, 0.25) is 0 Å². The van der Waals surface area contributed by atoms with Crippen molar-refractivity contribution in [1.82, 2.24) is 0 Å². The van der Waals surface area contributed by atoms with Gasteiger partial charge in [-0.3, -0.25) is 18.6 Å². The fourth-order valence-electron chi connectivity index (χ4n) is 11.5. The Labute approximate surface area is 540 Å². The smallest absolute Gasteiger partial charge is 0.462 e. The first-order chi connectivity index (χ1) is 42.8. The van der Waals surface area contributed by atoms with Crippen LogP contribution in [0.3, 0.4) is 0 Å². The van der Waals surface area contributed by atoms with Crippen LogP contribution in [-0.4, -0.2) is 49.3 Å². The highest BCUT2D eigenvalue weighted by Gasteiger charge is 2.26. The first kappa shape index (κ1) is 85.0. The van der Waals surface area contributed by atoms with Crippen LogP contribution in [0, 0.1) is 0 Å². The molecule has 0 aromatic carbocycles. The summed E-state index contributed by atoms with van der Waals surface area (Å²) in [5, 5.41) is 0. The Balaban J connectivity index is 3.76. The normalized spacial score (nSPS) is 13.1. The number of esters is 2. The molecule has 2 unspecified atom stereocenters. The summed E-state index contributed by atoms with van der Waals surface area (Å²) in [7, 11) is -4.39. The summed E-state index contributed by atoms with van der Waals surface area (Å²) in [6, 6.07) is 0. The Bertz CT molecular complexity index is 1570. The fraction of sp³-hybridized carbons (Fsp3) is 0.870. The summed E-state index contributed by atoms with van der Waals surface area (Å²) in [5.74, 6) is -0.810. The Morgan fingerprint density at radius 2 is 0.598 bits per heavy atom. The van der Waals surface area contributed by atoms with E-state index in [1.165, 1.54) is 315 Å². The Morgan fingerprint density at radius 1 is 0.345 bits per heavy atom. The van der Waals surface area contributed by atoms with Crippen molar-refractivity contribution >= 4 is 19.8 Å². The van der Waals surface area contributed by atoms with Gasteiger partial charge < -0.3 is 20.1 Å². The van der Waals surface area contributed by atoms with Gasteiger partial charge in [-0.2, -0.15) is 0 Å². The molecule has 2 atom stereocenters. The number of unbranched alkanes of at least 4 members (excludes halogenated alkanes) is 52. The van der Waals surface area contributed by atoms with E-state index in [4.69, 9.17) is 24.3 Å². The largest absolute Gasteiger partial charge is 0.472 e. The molecule has 87 heavy (non-hydrogen) atoms. The highest BCUT2D eigenvalue weighted by Crippen LogP contribution is 2.43. The van der Waals surface area contributed by atoms with Gasteiger partial charge in [-0.15, -0.1) is 0 Å². The molecule has 0 amide bonds. The number of phosphoric ester groups is 1. The number of carbonyl (C=O) groups excluding carboxylic acids is 2. The summed E-state index contributed by atoms with van der Waals surface area (Å²) in [6.07, 6.45) is 93.8. The lowest BCUT2D eigenvalue weighted by molar-refractivity contribution is -0.161. The lowest BCUT2D eigenvalue weighted by atomic mass is 10.0. The molecular formula is C77H146NO8P. The van der Waals surface area contributed by atoms with Crippen LogP contribution >= 0.6 is 7.82 Å².